The fraction of sp³-hybridized carbons (Fsp3) is 0.632. The summed E-state index contributed by atoms with van der Waals surface area (Å²) in [6.45, 7) is 2.42. The van der Waals surface area contributed by atoms with E-state index in [-0.39, 0.29) is 5.92 Å². The molecule has 2 fully saturated rings. The predicted octanol–water partition coefficient (Wildman–Crippen LogP) is 2.99. The number of methoxy groups -OCH3 is 2. The monoisotopic (exact) mass is 333 g/mol. The Morgan fingerprint density at radius 2 is 1.96 bits per heavy atom. The number of rotatable bonds is 6. The van der Waals surface area contributed by atoms with E-state index in [1.54, 1.807) is 14.2 Å². The van der Waals surface area contributed by atoms with E-state index in [1.165, 1.54) is 25.7 Å². The lowest BCUT2D eigenvalue weighted by atomic mass is 9.88. The van der Waals surface area contributed by atoms with Crippen LogP contribution in [0.15, 0.2) is 18.2 Å². The van der Waals surface area contributed by atoms with E-state index in [0.29, 0.717) is 18.0 Å². The zero-order chi connectivity index (χ0) is 17.1. The molecule has 1 aliphatic carbocycles. The second-order valence-corrected chi connectivity index (χ2v) is 7.00. The summed E-state index contributed by atoms with van der Waals surface area (Å²) in [5.41, 5.74) is 0.943. The SMILES string of the molecule is COc1cccc(C2CN(CC3CCCC3)CC2C(=O)O)c1OC. The summed E-state index contributed by atoms with van der Waals surface area (Å²) in [5.74, 6) is 0.873. The Balaban J connectivity index is 1.83. The number of benzene rings is 1. The Bertz CT molecular complexity index is 583. The maximum atomic E-state index is 11.8. The fourth-order valence-electron chi connectivity index (χ4n) is 4.36. The van der Waals surface area contributed by atoms with Crippen LogP contribution in [0.4, 0.5) is 0 Å². The van der Waals surface area contributed by atoms with E-state index < -0.39 is 11.9 Å². The molecule has 24 heavy (non-hydrogen) atoms. The average molecular weight is 333 g/mol. The molecule has 5 nitrogen and oxygen atoms in total. The lowest BCUT2D eigenvalue weighted by molar-refractivity contribution is -0.141. The van der Waals surface area contributed by atoms with Gasteiger partial charge in [-0.2, -0.15) is 0 Å². The van der Waals surface area contributed by atoms with Gasteiger partial charge in [0.1, 0.15) is 0 Å². The summed E-state index contributed by atoms with van der Waals surface area (Å²) in [6.07, 6.45) is 5.19. The quantitative estimate of drug-likeness (QED) is 0.867. The van der Waals surface area contributed by atoms with Gasteiger partial charge in [-0.3, -0.25) is 4.79 Å². The van der Waals surface area contributed by atoms with Crippen LogP contribution >= 0.6 is 0 Å². The van der Waals surface area contributed by atoms with Crippen LogP contribution in [0.2, 0.25) is 0 Å². The predicted molar refractivity (Wildman–Crippen MR) is 91.8 cm³/mol. The highest BCUT2D eigenvalue weighted by atomic mass is 16.5. The summed E-state index contributed by atoms with van der Waals surface area (Å²) in [4.78, 5) is 14.2. The average Bonchev–Trinajstić information content (AvgIpc) is 3.24. The lowest BCUT2D eigenvalue weighted by Gasteiger charge is -2.21. The van der Waals surface area contributed by atoms with E-state index in [4.69, 9.17) is 9.47 Å². The zero-order valence-corrected chi connectivity index (χ0v) is 14.5. The summed E-state index contributed by atoms with van der Waals surface area (Å²) in [6, 6.07) is 5.74. The second-order valence-electron chi connectivity index (χ2n) is 7.00. The van der Waals surface area contributed by atoms with Gasteiger partial charge >= 0.3 is 5.97 Å². The van der Waals surface area contributed by atoms with Crippen molar-refractivity contribution in [2.24, 2.45) is 11.8 Å². The van der Waals surface area contributed by atoms with Crippen molar-refractivity contribution in [3.63, 3.8) is 0 Å². The van der Waals surface area contributed by atoms with Gasteiger partial charge in [0.25, 0.3) is 0 Å². The van der Waals surface area contributed by atoms with Crippen LogP contribution in [0.25, 0.3) is 0 Å². The minimum atomic E-state index is -0.723. The van der Waals surface area contributed by atoms with E-state index in [9.17, 15) is 9.90 Å². The van der Waals surface area contributed by atoms with Crippen molar-refractivity contribution in [3.8, 4) is 11.5 Å². The molecule has 2 aliphatic rings. The van der Waals surface area contributed by atoms with Crippen LogP contribution in [-0.4, -0.2) is 49.8 Å². The van der Waals surface area contributed by atoms with Gasteiger partial charge < -0.3 is 19.5 Å². The maximum absolute atomic E-state index is 11.8. The molecular weight excluding hydrogens is 306 g/mol. The number of nitrogens with zero attached hydrogens (tertiary/aromatic N) is 1. The third-order valence-electron chi connectivity index (χ3n) is 5.54. The van der Waals surface area contributed by atoms with Crippen LogP contribution in [0.5, 0.6) is 11.5 Å². The molecule has 0 bridgehead atoms. The van der Waals surface area contributed by atoms with Crippen LogP contribution in [0, 0.1) is 11.8 Å². The highest BCUT2D eigenvalue weighted by Crippen LogP contribution is 2.42. The zero-order valence-electron chi connectivity index (χ0n) is 14.5. The van der Waals surface area contributed by atoms with Crippen molar-refractivity contribution < 1.29 is 19.4 Å². The summed E-state index contributed by atoms with van der Waals surface area (Å²) < 4.78 is 10.9. The van der Waals surface area contributed by atoms with E-state index >= 15 is 0 Å². The smallest absolute Gasteiger partial charge is 0.308 e. The first-order valence-corrected chi connectivity index (χ1v) is 8.80. The van der Waals surface area contributed by atoms with E-state index in [2.05, 4.69) is 4.90 Å². The molecule has 1 aromatic rings. The first-order valence-electron chi connectivity index (χ1n) is 8.80. The first kappa shape index (κ1) is 17.1. The molecule has 0 aromatic heterocycles. The molecule has 1 aliphatic heterocycles. The van der Waals surface area contributed by atoms with Crippen LogP contribution in [0.3, 0.4) is 0 Å². The van der Waals surface area contributed by atoms with Gasteiger partial charge in [-0.15, -0.1) is 0 Å². The highest BCUT2D eigenvalue weighted by molar-refractivity contribution is 5.73. The number of carbonyl (C=O) groups is 1. The molecule has 5 heteroatoms. The number of ether oxygens (including phenoxy) is 2. The summed E-state index contributed by atoms with van der Waals surface area (Å²) in [7, 11) is 3.22. The molecule has 1 saturated carbocycles. The summed E-state index contributed by atoms with van der Waals surface area (Å²) >= 11 is 0. The Morgan fingerprint density at radius 3 is 2.58 bits per heavy atom. The standard InChI is InChI=1S/C19H27NO4/c1-23-17-9-5-8-14(18(17)24-2)15-11-20(12-16(15)19(21)22)10-13-6-3-4-7-13/h5,8-9,13,15-16H,3-4,6-7,10-12H2,1-2H3,(H,21,22). The summed E-state index contributed by atoms with van der Waals surface area (Å²) in [5, 5.41) is 9.71. The molecule has 3 rings (SSSR count). The minimum Gasteiger partial charge on any atom is -0.493 e. The Kier molecular flexibility index (Phi) is 5.29. The van der Waals surface area contributed by atoms with Gasteiger partial charge in [0.15, 0.2) is 11.5 Å². The van der Waals surface area contributed by atoms with E-state index in [0.717, 1.165) is 24.6 Å². The molecule has 1 N–H and O–H groups in total. The van der Waals surface area contributed by atoms with Crippen molar-refractivity contribution in [1.82, 2.24) is 4.90 Å². The van der Waals surface area contributed by atoms with Gasteiger partial charge in [0, 0.05) is 31.1 Å². The second kappa shape index (κ2) is 7.43. The number of carboxylic acid groups (broad SMARTS) is 1. The number of para-hydroxylation sites is 1. The number of likely N-dealkylation sites (tertiary alicyclic amines) is 1. The van der Waals surface area contributed by atoms with Crippen molar-refractivity contribution in [3.05, 3.63) is 23.8 Å². The van der Waals surface area contributed by atoms with Crippen molar-refractivity contribution in [2.45, 2.75) is 31.6 Å². The van der Waals surface area contributed by atoms with Gasteiger partial charge in [-0.05, 0) is 24.8 Å². The molecular formula is C19H27NO4. The van der Waals surface area contributed by atoms with Crippen LogP contribution in [-0.2, 0) is 4.79 Å². The third-order valence-corrected chi connectivity index (χ3v) is 5.54. The molecule has 1 aromatic carbocycles. The van der Waals surface area contributed by atoms with Gasteiger partial charge in [0.05, 0.1) is 20.1 Å². The van der Waals surface area contributed by atoms with Crippen molar-refractivity contribution in [1.29, 1.82) is 0 Å². The molecule has 1 heterocycles. The first-order chi connectivity index (χ1) is 11.6. The largest absolute Gasteiger partial charge is 0.493 e. The maximum Gasteiger partial charge on any atom is 0.308 e. The molecule has 0 spiro atoms. The third kappa shape index (κ3) is 3.36. The minimum absolute atomic E-state index is 0.0612. The molecule has 2 unspecified atom stereocenters. The Hall–Kier alpha value is -1.75. The van der Waals surface area contributed by atoms with Crippen molar-refractivity contribution in [2.75, 3.05) is 33.9 Å². The van der Waals surface area contributed by atoms with Gasteiger partial charge in [-0.25, -0.2) is 0 Å². The molecule has 132 valence electrons. The van der Waals surface area contributed by atoms with Crippen molar-refractivity contribution >= 4 is 5.97 Å². The Morgan fingerprint density at radius 1 is 1.21 bits per heavy atom. The normalized spacial score (nSPS) is 25.1. The fourth-order valence-corrected chi connectivity index (χ4v) is 4.36. The van der Waals surface area contributed by atoms with Crippen LogP contribution in [0.1, 0.15) is 37.2 Å². The number of hydrogen-bond acceptors (Lipinski definition) is 4. The number of aliphatic carboxylic acids is 1. The number of carboxylic acids is 1. The Labute approximate surface area is 143 Å². The van der Waals surface area contributed by atoms with E-state index in [1.807, 2.05) is 18.2 Å². The molecule has 0 radical (unpaired) electrons. The van der Waals surface area contributed by atoms with Gasteiger partial charge in [0.2, 0.25) is 0 Å². The molecule has 1 saturated heterocycles. The van der Waals surface area contributed by atoms with Gasteiger partial charge in [-0.1, -0.05) is 25.0 Å². The highest BCUT2D eigenvalue weighted by Gasteiger charge is 2.40. The topological polar surface area (TPSA) is 59.0 Å². The number of hydrogen-bond donors (Lipinski definition) is 1. The molecule has 2 atom stereocenters. The molecule has 0 amide bonds. The van der Waals surface area contributed by atoms with Crippen LogP contribution < -0.4 is 9.47 Å². The lowest BCUT2D eigenvalue weighted by Crippen LogP contribution is -2.27.